The number of hydrogen-bond acceptors (Lipinski definition) is 4. The fourth-order valence-corrected chi connectivity index (χ4v) is 2.68. The second-order valence-electron chi connectivity index (χ2n) is 4.79. The van der Waals surface area contributed by atoms with E-state index in [4.69, 9.17) is 25.8 Å². The molecule has 1 saturated heterocycles. The Hall–Kier alpha value is -1.26. The lowest BCUT2D eigenvalue weighted by molar-refractivity contribution is 0.0859. The molecule has 1 aromatic rings. The van der Waals surface area contributed by atoms with Crippen molar-refractivity contribution in [2.75, 3.05) is 20.8 Å². The molecular formula is C15H19ClO4. The largest absolute Gasteiger partial charge is 0.493 e. The minimum atomic E-state index is 0.0448. The lowest BCUT2D eigenvalue weighted by Crippen LogP contribution is -2.09. The number of ether oxygens (including phenoxy) is 3. The highest BCUT2D eigenvalue weighted by molar-refractivity contribution is 6.32. The monoisotopic (exact) mass is 298 g/mol. The van der Waals surface area contributed by atoms with Gasteiger partial charge in [0.1, 0.15) is 0 Å². The molecule has 0 aliphatic carbocycles. The molecule has 20 heavy (non-hydrogen) atoms. The first kappa shape index (κ1) is 15.1. The van der Waals surface area contributed by atoms with E-state index in [9.17, 15) is 4.79 Å². The van der Waals surface area contributed by atoms with Crippen molar-refractivity contribution in [3.63, 3.8) is 0 Å². The summed E-state index contributed by atoms with van der Waals surface area (Å²) in [5, 5.41) is 0.382. The van der Waals surface area contributed by atoms with Crippen LogP contribution in [0.1, 0.15) is 36.0 Å². The second-order valence-corrected chi connectivity index (χ2v) is 5.20. The summed E-state index contributed by atoms with van der Waals surface area (Å²) < 4.78 is 15.9. The van der Waals surface area contributed by atoms with Gasteiger partial charge in [-0.2, -0.15) is 0 Å². The van der Waals surface area contributed by atoms with Gasteiger partial charge in [-0.05, 0) is 31.4 Å². The van der Waals surface area contributed by atoms with Crippen LogP contribution in [0.15, 0.2) is 12.1 Å². The van der Waals surface area contributed by atoms with Crippen molar-refractivity contribution in [3.8, 4) is 11.5 Å². The third kappa shape index (κ3) is 3.44. The second kappa shape index (κ2) is 6.95. The molecule has 1 aromatic carbocycles. The predicted octanol–water partition coefficient (Wildman–Crippen LogP) is 3.50. The summed E-state index contributed by atoms with van der Waals surface area (Å²) in [7, 11) is 3.04. The summed E-state index contributed by atoms with van der Waals surface area (Å²) in [5.41, 5.74) is 0.547. The van der Waals surface area contributed by atoms with Gasteiger partial charge in [0.2, 0.25) is 0 Å². The van der Waals surface area contributed by atoms with Crippen LogP contribution in [0.5, 0.6) is 11.5 Å². The lowest BCUT2D eigenvalue weighted by atomic mass is 10.0. The average Bonchev–Trinajstić information content (AvgIpc) is 2.97. The highest BCUT2D eigenvalue weighted by Gasteiger charge is 2.19. The Kier molecular flexibility index (Phi) is 5.26. The van der Waals surface area contributed by atoms with Crippen LogP contribution < -0.4 is 9.47 Å². The molecule has 4 nitrogen and oxygen atoms in total. The van der Waals surface area contributed by atoms with E-state index in [2.05, 4.69) is 0 Å². The third-order valence-corrected chi connectivity index (χ3v) is 3.75. The maximum Gasteiger partial charge on any atom is 0.179 e. The molecule has 0 saturated carbocycles. The molecule has 0 bridgehead atoms. The molecule has 0 amide bonds. The zero-order chi connectivity index (χ0) is 14.5. The number of benzene rings is 1. The zero-order valence-corrected chi connectivity index (χ0v) is 12.5. The van der Waals surface area contributed by atoms with Gasteiger partial charge in [0.15, 0.2) is 17.3 Å². The lowest BCUT2D eigenvalue weighted by Gasteiger charge is -2.12. The molecule has 0 aromatic heterocycles. The Balaban J connectivity index is 2.07. The Labute approximate surface area is 124 Å². The SMILES string of the molecule is COc1cc(C(=O)CCC2CCCO2)cc(Cl)c1OC. The fourth-order valence-electron chi connectivity index (χ4n) is 2.39. The van der Waals surface area contributed by atoms with E-state index >= 15 is 0 Å². The van der Waals surface area contributed by atoms with Crippen LogP contribution >= 0.6 is 11.6 Å². The van der Waals surface area contributed by atoms with E-state index in [1.807, 2.05) is 0 Å². The standard InChI is InChI=1S/C15H19ClO4/c1-18-14-9-10(8-12(16)15(14)19-2)13(17)6-5-11-4-3-7-20-11/h8-9,11H,3-7H2,1-2H3. The van der Waals surface area contributed by atoms with Crippen molar-refractivity contribution >= 4 is 17.4 Å². The van der Waals surface area contributed by atoms with Crippen molar-refractivity contribution in [2.24, 2.45) is 0 Å². The first-order chi connectivity index (χ1) is 9.65. The van der Waals surface area contributed by atoms with Gasteiger partial charge in [0.25, 0.3) is 0 Å². The van der Waals surface area contributed by atoms with Crippen molar-refractivity contribution in [1.29, 1.82) is 0 Å². The summed E-state index contributed by atoms with van der Waals surface area (Å²) in [5.74, 6) is 0.966. The highest BCUT2D eigenvalue weighted by atomic mass is 35.5. The van der Waals surface area contributed by atoms with Gasteiger partial charge in [0.05, 0.1) is 25.3 Å². The number of rotatable bonds is 6. The van der Waals surface area contributed by atoms with Crippen LogP contribution in [0.2, 0.25) is 5.02 Å². The molecule has 0 radical (unpaired) electrons. The normalized spacial score (nSPS) is 18.1. The molecular weight excluding hydrogens is 280 g/mol. The number of carbonyl (C=O) groups is 1. The number of methoxy groups -OCH3 is 2. The highest BCUT2D eigenvalue weighted by Crippen LogP contribution is 2.36. The molecule has 1 atom stereocenters. The Morgan fingerprint density at radius 1 is 1.40 bits per heavy atom. The zero-order valence-electron chi connectivity index (χ0n) is 11.8. The van der Waals surface area contributed by atoms with Crippen molar-refractivity contribution in [3.05, 3.63) is 22.7 Å². The molecule has 1 aliphatic heterocycles. The van der Waals surface area contributed by atoms with Crippen molar-refractivity contribution in [2.45, 2.75) is 31.8 Å². The van der Waals surface area contributed by atoms with Crippen LogP contribution in [-0.2, 0) is 4.74 Å². The van der Waals surface area contributed by atoms with Gasteiger partial charge in [0, 0.05) is 18.6 Å². The van der Waals surface area contributed by atoms with E-state index in [1.165, 1.54) is 14.2 Å². The number of carbonyl (C=O) groups excluding carboxylic acids is 1. The number of ketones is 1. The van der Waals surface area contributed by atoms with E-state index in [0.717, 1.165) is 25.9 Å². The van der Waals surface area contributed by atoms with E-state index in [-0.39, 0.29) is 11.9 Å². The number of halogens is 1. The number of hydrogen-bond donors (Lipinski definition) is 0. The third-order valence-electron chi connectivity index (χ3n) is 3.47. The minimum Gasteiger partial charge on any atom is -0.493 e. The van der Waals surface area contributed by atoms with Gasteiger partial charge >= 0.3 is 0 Å². The van der Waals surface area contributed by atoms with Gasteiger partial charge in [-0.25, -0.2) is 0 Å². The molecule has 0 N–H and O–H groups in total. The fraction of sp³-hybridized carbons (Fsp3) is 0.533. The molecule has 110 valence electrons. The molecule has 1 heterocycles. The predicted molar refractivity (Wildman–Crippen MR) is 77.1 cm³/mol. The Morgan fingerprint density at radius 2 is 2.20 bits per heavy atom. The van der Waals surface area contributed by atoms with Crippen molar-refractivity contribution in [1.82, 2.24) is 0 Å². The van der Waals surface area contributed by atoms with Crippen LogP contribution in [0, 0.1) is 0 Å². The Bertz CT molecular complexity index is 481. The first-order valence-electron chi connectivity index (χ1n) is 6.72. The molecule has 1 unspecified atom stereocenters. The van der Waals surface area contributed by atoms with Gasteiger partial charge < -0.3 is 14.2 Å². The summed E-state index contributed by atoms with van der Waals surface area (Å²) in [6.07, 6.45) is 3.55. The van der Waals surface area contributed by atoms with Crippen LogP contribution in [0.4, 0.5) is 0 Å². The van der Waals surface area contributed by atoms with Crippen LogP contribution in [0.3, 0.4) is 0 Å². The smallest absolute Gasteiger partial charge is 0.179 e. The van der Waals surface area contributed by atoms with E-state index in [1.54, 1.807) is 12.1 Å². The summed E-state index contributed by atoms with van der Waals surface area (Å²) in [6, 6.07) is 3.29. The van der Waals surface area contributed by atoms with Gasteiger partial charge in [-0.1, -0.05) is 11.6 Å². The summed E-state index contributed by atoms with van der Waals surface area (Å²) >= 11 is 6.10. The number of Topliss-reactive ketones (excluding diaryl/α,β-unsaturated/α-hetero) is 1. The van der Waals surface area contributed by atoms with Crippen molar-refractivity contribution < 1.29 is 19.0 Å². The molecule has 2 rings (SSSR count). The summed E-state index contributed by atoms with van der Waals surface area (Å²) in [6.45, 7) is 0.807. The van der Waals surface area contributed by atoms with Gasteiger partial charge in [-0.15, -0.1) is 0 Å². The molecule has 1 fully saturated rings. The summed E-state index contributed by atoms with van der Waals surface area (Å²) in [4.78, 5) is 12.2. The Morgan fingerprint density at radius 3 is 2.80 bits per heavy atom. The molecule has 1 aliphatic rings. The maximum absolute atomic E-state index is 12.2. The quantitative estimate of drug-likeness (QED) is 0.754. The molecule has 5 heteroatoms. The van der Waals surface area contributed by atoms with E-state index in [0.29, 0.717) is 28.5 Å². The first-order valence-corrected chi connectivity index (χ1v) is 7.09. The molecule has 0 spiro atoms. The van der Waals surface area contributed by atoms with Crippen LogP contribution in [-0.4, -0.2) is 32.7 Å². The maximum atomic E-state index is 12.2. The van der Waals surface area contributed by atoms with Gasteiger partial charge in [-0.3, -0.25) is 4.79 Å². The van der Waals surface area contributed by atoms with E-state index < -0.39 is 0 Å². The average molecular weight is 299 g/mol. The topological polar surface area (TPSA) is 44.8 Å². The van der Waals surface area contributed by atoms with Crippen LogP contribution in [0.25, 0.3) is 0 Å². The minimum absolute atomic E-state index is 0.0448.